The van der Waals surface area contributed by atoms with E-state index in [2.05, 4.69) is 41.2 Å². The number of hydrogen-bond acceptors (Lipinski definition) is 3. The highest BCUT2D eigenvalue weighted by molar-refractivity contribution is 14.0. The SMILES string of the molecule is CCCN(CC)CCN=C(NCC)NC1CCN(C(=O)C2CCCCC2)C1.I. The minimum absolute atomic E-state index is 0. The summed E-state index contributed by atoms with van der Waals surface area (Å²) < 4.78 is 0. The third kappa shape index (κ3) is 8.43. The maximum Gasteiger partial charge on any atom is 0.225 e. The van der Waals surface area contributed by atoms with Crippen molar-refractivity contribution in [2.45, 2.75) is 71.8 Å². The second-order valence-corrected chi connectivity index (χ2v) is 7.94. The second kappa shape index (κ2) is 14.4. The van der Waals surface area contributed by atoms with Gasteiger partial charge in [-0.05, 0) is 45.7 Å². The maximum absolute atomic E-state index is 12.7. The van der Waals surface area contributed by atoms with Crippen LogP contribution in [-0.2, 0) is 4.79 Å². The molecule has 1 aliphatic heterocycles. The van der Waals surface area contributed by atoms with Crippen LogP contribution in [0.2, 0.25) is 0 Å². The van der Waals surface area contributed by atoms with Gasteiger partial charge in [-0.15, -0.1) is 24.0 Å². The molecule has 0 bridgehead atoms. The average Bonchev–Trinajstić information content (AvgIpc) is 3.16. The predicted molar refractivity (Wildman–Crippen MR) is 128 cm³/mol. The summed E-state index contributed by atoms with van der Waals surface area (Å²) in [4.78, 5) is 22.0. The Hall–Kier alpha value is -0.570. The number of halogens is 1. The molecule has 1 unspecified atom stereocenters. The fourth-order valence-electron chi connectivity index (χ4n) is 4.25. The van der Waals surface area contributed by atoms with Gasteiger partial charge in [-0.1, -0.05) is 33.1 Å². The molecule has 2 fully saturated rings. The zero-order chi connectivity index (χ0) is 19.5. The molecular weight excluding hydrogens is 465 g/mol. The van der Waals surface area contributed by atoms with E-state index in [4.69, 9.17) is 4.99 Å². The van der Waals surface area contributed by atoms with E-state index in [-0.39, 0.29) is 29.9 Å². The number of carbonyl (C=O) groups excluding carboxylic acids is 1. The van der Waals surface area contributed by atoms with Crippen molar-refractivity contribution in [1.82, 2.24) is 20.4 Å². The van der Waals surface area contributed by atoms with E-state index < -0.39 is 0 Å². The van der Waals surface area contributed by atoms with Crippen LogP contribution in [0.3, 0.4) is 0 Å². The first kappa shape index (κ1) is 25.5. The molecule has 0 radical (unpaired) electrons. The minimum atomic E-state index is 0. The molecule has 6 nitrogen and oxygen atoms in total. The molecule has 7 heteroatoms. The van der Waals surface area contributed by atoms with Crippen molar-refractivity contribution < 1.29 is 4.79 Å². The van der Waals surface area contributed by atoms with Gasteiger partial charge >= 0.3 is 0 Å². The van der Waals surface area contributed by atoms with Crippen LogP contribution in [0.5, 0.6) is 0 Å². The molecule has 0 spiro atoms. The van der Waals surface area contributed by atoms with Crippen molar-refractivity contribution in [1.29, 1.82) is 0 Å². The number of guanidine groups is 1. The van der Waals surface area contributed by atoms with Crippen molar-refractivity contribution >= 4 is 35.8 Å². The highest BCUT2D eigenvalue weighted by atomic mass is 127. The number of hydrogen-bond donors (Lipinski definition) is 2. The zero-order valence-corrected chi connectivity index (χ0v) is 20.5. The first-order valence-corrected chi connectivity index (χ1v) is 11.2. The number of aliphatic imine (C=N–C) groups is 1. The lowest BCUT2D eigenvalue weighted by Gasteiger charge is -2.26. The number of amides is 1. The fourth-order valence-corrected chi connectivity index (χ4v) is 4.25. The van der Waals surface area contributed by atoms with E-state index in [1.54, 1.807) is 0 Å². The molecule has 1 aliphatic carbocycles. The summed E-state index contributed by atoms with van der Waals surface area (Å²) >= 11 is 0. The molecule has 0 aromatic carbocycles. The van der Waals surface area contributed by atoms with Gasteiger partial charge in [0, 0.05) is 38.1 Å². The summed E-state index contributed by atoms with van der Waals surface area (Å²) in [6.45, 7) is 13.1. The van der Waals surface area contributed by atoms with Gasteiger partial charge in [0.2, 0.25) is 5.91 Å². The first-order chi connectivity index (χ1) is 13.2. The van der Waals surface area contributed by atoms with Gasteiger partial charge in [0.15, 0.2) is 5.96 Å². The van der Waals surface area contributed by atoms with Crippen molar-refractivity contribution in [2.75, 3.05) is 45.8 Å². The molecule has 0 aromatic rings. The highest BCUT2D eigenvalue weighted by Gasteiger charge is 2.31. The summed E-state index contributed by atoms with van der Waals surface area (Å²) in [6, 6.07) is 0.313. The van der Waals surface area contributed by atoms with E-state index >= 15 is 0 Å². The number of rotatable bonds is 9. The molecule has 164 valence electrons. The topological polar surface area (TPSA) is 60.0 Å². The van der Waals surface area contributed by atoms with E-state index in [9.17, 15) is 4.79 Å². The van der Waals surface area contributed by atoms with Gasteiger partial charge in [0.05, 0.1) is 6.54 Å². The van der Waals surface area contributed by atoms with E-state index in [1.165, 1.54) is 25.7 Å². The molecular formula is C21H42IN5O. The lowest BCUT2D eigenvalue weighted by atomic mass is 9.88. The third-order valence-corrected chi connectivity index (χ3v) is 5.81. The molecule has 1 saturated heterocycles. The summed E-state index contributed by atoms with van der Waals surface area (Å²) in [6.07, 6.45) is 8.10. The van der Waals surface area contributed by atoms with Gasteiger partial charge in [-0.3, -0.25) is 9.79 Å². The monoisotopic (exact) mass is 507 g/mol. The van der Waals surface area contributed by atoms with Crippen molar-refractivity contribution in [3.8, 4) is 0 Å². The Bertz CT molecular complexity index is 468. The first-order valence-electron chi connectivity index (χ1n) is 11.2. The molecule has 1 heterocycles. The molecule has 2 rings (SSSR count). The third-order valence-electron chi connectivity index (χ3n) is 5.81. The Labute approximate surface area is 189 Å². The summed E-state index contributed by atoms with van der Waals surface area (Å²) in [5.74, 6) is 1.55. The van der Waals surface area contributed by atoms with Gasteiger partial charge in [0.25, 0.3) is 0 Å². The molecule has 1 atom stereocenters. The summed E-state index contributed by atoms with van der Waals surface area (Å²) in [5.41, 5.74) is 0. The quantitative estimate of drug-likeness (QED) is 0.286. The van der Waals surface area contributed by atoms with E-state index in [0.29, 0.717) is 11.9 Å². The Morgan fingerprint density at radius 1 is 1.11 bits per heavy atom. The van der Waals surface area contributed by atoms with Crippen molar-refractivity contribution in [3.05, 3.63) is 0 Å². The highest BCUT2D eigenvalue weighted by Crippen LogP contribution is 2.26. The smallest absolute Gasteiger partial charge is 0.225 e. The van der Waals surface area contributed by atoms with E-state index in [0.717, 1.165) is 71.0 Å². The van der Waals surface area contributed by atoms with Crippen molar-refractivity contribution in [3.63, 3.8) is 0 Å². The molecule has 28 heavy (non-hydrogen) atoms. The van der Waals surface area contributed by atoms with Crippen LogP contribution in [-0.4, -0.2) is 73.5 Å². The Kier molecular flexibility index (Phi) is 13.1. The predicted octanol–water partition coefficient (Wildman–Crippen LogP) is 3.07. The van der Waals surface area contributed by atoms with Gasteiger partial charge < -0.3 is 20.4 Å². The summed E-state index contributed by atoms with van der Waals surface area (Å²) in [7, 11) is 0. The fraction of sp³-hybridized carbons (Fsp3) is 0.905. The largest absolute Gasteiger partial charge is 0.357 e. The Morgan fingerprint density at radius 3 is 2.50 bits per heavy atom. The number of nitrogens with zero attached hydrogens (tertiary/aromatic N) is 3. The van der Waals surface area contributed by atoms with Crippen LogP contribution in [0.4, 0.5) is 0 Å². The molecule has 1 amide bonds. The normalized spacial score (nSPS) is 20.9. The van der Waals surface area contributed by atoms with Gasteiger partial charge in [-0.2, -0.15) is 0 Å². The van der Waals surface area contributed by atoms with E-state index in [1.807, 2.05) is 0 Å². The lowest BCUT2D eigenvalue weighted by Crippen LogP contribution is -2.46. The van der Waals surface area contributed by atoms with Gasteiger partial charge in [0.1, 0.15) is 0 Å². The molecule has 0 aromatic heterocycles. The summed E-state index contributed by atoms with van der Waals surface area (Å²) in [5, 5.41) is 6.91. The van der Waals surface area contributed by atoms with Crippen LogP contribution in [0, 0.1) is 5.92 Å². The van der Waals surface area contributed by atoms with Crippen LogP contribution >= 0.6 is 24.0 Å². The number of likely N-dealkylation sites (tertiary alicyclic amines) is 1. The number of nitrogens with one attached hydrogen (secondary N) is 2. The standard InChI is InChI=1S/C21H41N5O.HI/c1-4-14-25(6-3)16-13-23-21(22-5-2)24-19-12-15-26(17-19)20(27)18-10-8-7-9-11-18;/h18-19H,4-17H2,1-3H3,(H2,22,23,24);1H. The molecule has 2 aliphatic rings. The second-order valence-electron chi connectivity index (χ2n) is 7.94. The number of likely N-dealkylation sites (N-methyl/N-ethyl adjacent to an activating group) is 1. The van der Waals surface area contributed by atoms with Crippen LogP contribution in [0.1, 0.15) is 65.7 Å². The molecule has 1 saturated carbocycles. The maximum atomic E-state index is 12.7. The van der Waals surface area contributed by atoms with Crippen LogP contribution < -0.4 is 10.6 Å². The lowest BCUT2D eigenvalue weighted by molar-refractivity contribution is -0.135. The van der Waals surface area contributed by atoms with Crippen LogP contribution in [0.15, 0.2) is 4.99 Å². The van der Waals surface area contributed by atoms with Gasteiger partial charge in [-0.25, -0.2) is 0 Å². The Balaban J connectivity index is 0.00000392. The van der Waals surface area contributed by atoms with Crippen LogP contribution in [0.25, 0.3) is 0 Å². The number of carbonyl (C=O) groups is 1. The average molecular weight is 508 g/mol. The molecule has 2 N–H and O–H groups in total. The minimum Gasteiger partial charge on any atom is -0.357 e. The van der Waals surface area contributed by atoms with Crippen molar-refractivity contribution in [2.24, 2.45) is 10.9 Å². The Morgan fingerprint density at radius 2 is 1.86 bits per heavy atom. The zero-order valence-electron chi connectivity index (χ0n) is 18.2.